The predicted molar refractivity (Wildman–Crippen MR) is 82.3 cm³/mol. The Bertz CT molecular complexity index is 622. The number of hydrogen-bond acceptors (Lipinski definition) is 2. The topological polar surface area (TPSA) is 25.8 Å². The van der Waals surface area contributed by atoms with Crippen molar-refractivity contribution in [1.29, 1.82) is 0 Å². The van der Waals surface area contributed by atoms with Crippen LogP contribution in [0.25, 0.3) is 0 Å². The molecular weight excluding hydrogens is 268 g/mol. The maximum Gasteiger partial charge on any atom is 0.136 e. The molecule has 0 spiro atoms. The highest BCUT2D eigenvalue weighted by Gasteiger charge is 2.15. The minimum absolute atomic E-state index is 0.666. The molecule has 1 aliphatic rings. The number of rotatable bonds is 2. The Morgan fingerprint density at radius 3 is 2.80 bits per heavy atom. The third kappa shape index (κ3) is 3.01. The Balaban J connectivity index is 1.91. The average Bonchev–Trinajstić information content (AvgIpc) is 2.64. The number of aryl methyl sites for hydroxylation is 2. The first kappa shape index (κ1) is 13.6. The van der Waals surface area contributed by atoms with E-state index in [0.717, 1.165) is 25.1 Å². The van der Waals surface area contributed by atoms with Gasteiger partial charge >= 0.3 is 0 Å². The second-order valence-electron chi connectivity index (χ2n) is 5.58. The highest BCUT2D eigenvalue weighted by Crippen LogP contribution is 2.25. The normalized spacial score (nSPS) is 14.7. The molecular formula is C17H19ClN2. The highest BCUT2D eigenvalue weighted by molar-refractivity contribution is 6.30. The van der Waals surface area contributed by atoms with Crippen LogP contribution >= 0.6 is 11.6 Å². The first-order valence-electron chi connectivity index (χ1n) is 7.32. The molecule has 0 atom stereocenters. The zero-order chi connectivity index (χ0) is 13.9. The van der Waals surface area contributed by atoms with Crippen LogP contribution in [0.3, 0.4) is 0 Å². The fourth-order valence-electron chi connectivity index (χ4n) is 2.86. The minimum atomic E-state index is 0.666. The molecule has 0 radical (unpaired) electrons. The van der Waals surface area contributed by atoms with E-state index in [1.807, 2.05) is 0 Å². The van der Waals surface area contributed by atoms with E-state index in [1.165, 1.54) is 41.6 Å². The molecule has 0 saturated heterocycles. The van der Waals surface area contributed by atoms with E-state index >= 15 is 0 Å². The van der Waals surface area contributed by atoms with Crippen LogP contribution in [-0.2, 0) is 19.3 Å². The van der Waals surface area contributed by atoms with Crippen molar-refractivity contribution >= 4 is 11.6 Å². The fourth-order valence-corrected chi connectivity index (χ4v) is 3.16. The van der Waals surface area contributed by atoms with Crippen LogP contribution in [0.15, 0.2) is 24.3 Å². The summed E-state index contributed by atoms with van der Waals surface area (Å²) in [5.41, 5.74) is 4.86. The van der Waals surface area contributed by atoms with Gasteiger partial charge in [-0.15, -0.1) is 0 Å². The molecule has 1 heterocycles. The van der Waals surface area contributed by atoms with Crippen LogP contribution in [0.2, 0.25) is 5.15 Å². The number of fused-ring (bicyclic) bond motifs is 1. The SMILES string of the molecule is Cc1cccc(Cc2nc(Cl)c3c(n2)CCCCC3)c1. The lowest BCUT2D eigenvalue weighted by Crippen LogP contribution is -2.05. The van der Waals surface area contributed by atoms with Crippen LogP contribution in [0.4, 0.5) is 0 Å². The summed E-state index contributed by atoms with van der Waals surface area (Å²) in [5, 5.41) is 0.666. The summed E-state index contributed by atoms with van der Waals surface area (Å²) in [6.07, 6.45) is 6.50. The smallest absolute Gasteiger partial charge is 0.136 e. The lowest BCUT2D eigenvalue weighted by atomic mass is 10.1. The van der Waals surface area contributed by atoms with Crippen molar-refractivity contribution in [2.24, 2.45) is 0 Å². The van der Waals surface area contributed by atoms with Crippen molar-refractivity contribution in [2.75, 3.05) is 0 Å². The molecule has 20 heavy (non-hydrogen) atoms. The van der Waals surface area contributed by atoms with E-state index in [2.05, 4.69) is 36.2 Å². The van der Waals surface area contributed by atoms with Crippen molar-refractivity contribution in [2.45, 2.75) is 45.4 Å². The predicted octanol–water partition coefficient (Wildman–Crippen LogP) is 4.30. The lowest BCUT2D eigenvalue weighted by Gasteiger charge is -2.09. The number of nitrogens with zero attached hydrogens (tertiary/aromatic N) is 2. The lowest BCUT2D eigenvalue weighted by molar-refractivity contribution is 0.708. The van der Waals surface area contributed by atoms with Gasteiger partial charge in [0.15, 0.2) is 0 Å². The molecule has 2 aromatic rings. The van der Waals surface area contributed by atoms with Gasteiger partial charge in [0.05, 0.1) is 0 Å². The molecule has 1 aromatic heterocycles. The van der Waals surface area contributed by atoms with Crippen molar-refractivity contribution in [3.05, 3.63) is 57.6 Å². The summed E-state index contributed by atoms with van der Waals surface area (Å²) in [7, 11) is 0. The number of benzene rings is 1. The summed E-state index contributed by atoms with van der Waals surface area (Å²) >= 11 is 6.37. The van der Waals surface area contributed by atoms with Gasteiger partial charge < -0.3 is 0 Å². The maximum atomic E-state index is 6.37. The zero-order valence-electron chi connectivity index (χ0n) is 11.8. The van der Waals surface area contributed by atoms with E-state index in [9.17, 15) is 0 Å². The molecule has 0 aliphatic heterocycles. The van der Waals surface area contributed by atoms with Crippen LogP contribution < -0.4 is 0 Å². The molecule has 2 nitrogen and oxygen atoms in total. The molecule has 1 aliphatic carbocycles. The van der Waals surface area contributed by atoms with Gasteiger partial charge in [0.2, 0.25) is 0 Å². The number of halogens is 1. The highest BCUT2D eigenvalue weighted by atomic mass is 35.5. The molecule has 0 saturated carbocycles. The van der Waals surface area contributed by atoms with E-state index in [1.54, 1.807) is 0 Å². The summed E-state index contributed by atoms with van der Waals surface area (Å²) in [4.78, 5) is 9.27. The third-order valence-corrected chi connectivity index (χ3v) is 4.19. The van der Waals surface area contributed by atoms with Crippen LogP contribution in [0, 0.1) is 6.92 Å². The Kier molecular flexibility index (Phi) is 4.02. The Hall–Kier alpha value is -1.41. The van der Waals surface area contributed by atoms with E-state index in [-0.39, 0.29) is 0 Å². The summed E-state index contributed by atoms with van der Waals surface area (Å²) in [5.74, 6) is 0.848. The Labute approximate surface area is 125 Å². The standard InChI is InChI=1S/C17H19ClN2/c1-12-6-5-7-13(10-12)11-16-19-15-9-4-2-3-8-14(15)17(18)20-16/h5-7,10H,2-4,8-9,11H2,1H3. The second-order valence-corrected chi connectivity index (χ2v) is 5.94. The molecule has 104 valence electrons. The second kappa shape index (κ2) is 5.92. The van der Waals surface area contributed by atoms with Gasteiger partial charge in [-0.25, -0.2) is 9.97 Å². The van der Waals surface area contributed by atoms with Crippen molar-refractivity contribution in [3.8, 4) is 0 Å². The van der Waals surface area contributed by atoms with Crippen LogP contribution in [-0.4, -0.2) is 9.97 Å². The van der Waals surface area contributed by atoms with Crippen molar-refractivity contribution in [1.82, 2.24) is 9.97 Å². The van der Waals surface area contributed by atoms with E-state index < -0.39 is 0 Å². The molecule has 0 bridgehead atoms. The molecule has 0 fully saturated rings. The van der Waals surface area contributed by atoms with Gasteiger partial charge in [-0.3, -0.25) is 0 Å². The van der Waals surface area contributed by atoms with Gasteiger partial charge in [0, 0.05) is 17.7 Å². The average molecular weight is 287 g/mol. The van der Waals surface area contributed by atoms with Gasteiger partial charge in [-0.2, -0.15) is 0 Å². The van der Waals surface area contributed by atoms with Gasteiger partial charge in [0.1, 0.15) is 11.0 Å². The number of aromatic nitrogens is 2. The third-order valence-electron chi connectivity index (χ3n) is 3.87. The molecule has 1 aromatic carbocycles. The summed E-state index contributed by atoms with van der Waals surface area (Å²) in [6.45, 7) is 2.11. The van der Waals surface area contributed by atoms with Crippen molar-refractivity contribution < 1.29 is 0 Å². The van der Waals surface area contributed by atoms with Crippen LogP contribution in [0.1, 0.15) is 47.5 Å². The maximum absolute atomic E-state index is 6.37. The van der Waals surface area contributed by atoms with Crippen molar-refractivity contribution in [3.63, 3.8) is 0 Å². The monoisotopic (exact) mass is 286 g/mol. The molecule has 0 N–H and O–H groups in total. The largest absolute Gasteiger partial charge is 0.237 e. The van der Waals surface area contributed by atoms with E-state index in [4.69, 9.17) is 16.6 Å². The number of hydrogen-bond donors (Lipinski definition) is 0. The molecule has 0 unspecified atom stereocenters. The van der Waals surface area contributed by atoms with Gasteiger partial charge in [-0.1, -0.05) is 47.9 Å². The van der Waals surface area contributed by atoms with Crippen LogP contribution in [0.5, 0.6) is 0 Å². The van der Waals surface area contributed by atoms with Gasteiger partial charge in [0.25, 0.3) is 0 Å². The first-order chi connectivity index (χ1) is 9.72. The summed E-state index contributed by atoms with van der Waals surface area (Å²) < 4.78 is 0. The first-order valence-corrected chi connectivity index (χ1v) is 7.70. The zero-order valence-corrected chi connectivity index (χ0v) is 12.6. The summed E-state index contributed by atoms with van der Waals surface area (Å²) in [6, 6.07) is 8.49. The Morgan fingerprint density at radius 1 is 1.10 bits per heavy atom. The molecule has 0 amide bonds. The minimum Gasteiger partial charge on any atom is -0.237 e. The quantitative estimate of drug-likeness (QED) is 0.608. The Morgan fingerprint density at radius 2 is 1.95 bits per heavy atom. The van der Waals surface area contributed by atoms with Gasteiger partial charge in [-0.05, 0) is 38.2 Å². The molecule has 3 rings (SSSR count). The molecule has 3 heteroatoms. The fraction of sp³-hybridized carbons (Fsp3) is 0.412. The van der Waals surface area contributed by atoms with E-state index in [0.29, 0.717) is 5.15 Å².